The summed E-state index contributed by atoms with van der Waals surface area (Å²) in [5.74, 6) is -0.891. The Bertz CT molecular complexity index is 597. The number of imide groups is 1. The Hall–Kier alpha value is -2.37. The highest BCUT2D eigenvalue weighted by Gasteiger charge is 2.39. The van der Waals surface area contributed by atoms with Gasteiger partial charge in [0.05, 0.1) is 0 Å². The minimum Gasteiger partial charge on any atom is -0.398 e. The van der Waals surface area contributed by atoms with E-state index in [9.17, 15) is 14.4 Å². The number of anilines is 1. The van der Waals surface area contributed by atoms with Gasteiger partial charge >= 0.3 is 0 Å². The van der Waals surface area contributed by atoms with Gasteiger partial charge in [-0.3, -0.25) is 19.7 Å². The van der Waals surface area contributed by atoms with Gasteiger partial charge in [0.25, 0.3) is 5.91 Å². The van der Waals surface area contributed by atoms with E-state index in [2.05, 4.69) is 5.32 Å². The van der Waals surface area contributed by atoms with E-state index in [1.54, 1.807) is 18.2 Å². The van der Waals surface area contributed by atoms with E-state index < -0.39 is 11.9 Å². The summed E-state index contributed by atoms with van der Waals surface area (Å²) < 4.78 is 0. The standard InChI is InChI=1S/C13H13N3O3/c14-9-3-1-2-7-8(9)6-16(13(7)19)10-4-5-11(17)15-12(10)18/h1-3,10H,4-6,14H2,(H,15,17,18)/i14+1,15+1. The fourth-order valence-electron chi connectivity index (χ4n) is 2.61. The van der Waals surface area contributed by atoms with Gasteiger partial charge < -0.3 is 10.6 Å². The molecule has 98 valence electrons. The summed E-state index contributed by atoms with van der Waals surface area (Å²) >= 11 is 0. The zero-order valence-electron chi connectivity index (χ0n) is 10.2. The maximum atomic E-state index is 12.3. The molecular weight excluding hydrogens is 248 g/mol. The molecule has 1 atom stereocenters. The molecule has 0 aromatic heterocycles. The smallest absolute Gasteiger partial charge is 0.255 e. The molecule has 2 aliphatic heterocycles. The number of rotatable bonds is 1. The van der Waals surface area contributed by atoms with Crippen LogP contribution in [-0.4, -0.2) is 28.7 Å². The van der Waals surface area contributed by atoms with Crippen LogP contribution in [0.1, 0.15) is 28.8 Å². The molecule has 19 heavy (non-hydrogen) atoms. The number of nitrogens with two attached hydrogens (primary N) is 1. The van der Waals surface area contributed by atoms with Crippen molar-refractivity contribution in [2.75, 3.05) is 5.73 Å². The van der Waals surface area contributed by atoms with Crippen LogP contribution in [0.4, 0.5) is 5.69 Å². The van der Waals surface area contributed by atoms with Gasteiger partial charge in [0.15, 0.2) is 0 Å². The van der Waals surface area contributed by atoms with Gasteiger partial charge in [0, 0.05) is 29.8 Å². The maximum absolute atomic E-state index is 12.3. The number of piperidine rings is 1. The molecule has 3 rings (SSSR count). The number of benzene rings is 1. The molecule has 2 heterocycles. The van der Waals surface area contributed by atoms with E-state index >= 15 is 0 Å². The van der Waals surface area contributed by atoms with Crippen LogP contribution in [-0.2, 0) is 16.1 Å². The van der Waals surface area contributed by atoms with Crippen LogP contribution in [0, 0.1) is 0 Å². The predicted molar refractivity (Wildman–Crippen MR) is 66.9 cm³/mol. The normalized spacial score (nSPS) is 22.4. The quantitative estimate of drug-likeness (QED) is 0.424. The number of fused-ring (bicyclic) bond motifs is 1. The molecule has 3 N–H and O–H groups in total. The number of hydrogen-bond acceptors (Lipinski definition) is 4. The number of nitrogen functional groups attached to an aromatic ring is 1. The van der Waals surface area contributed by atoms with Crippen LogP contribution < -0.4 is 11.1 Å². The molecule has 1 unspecified atom stereocenters. The lowest BCUT2D eigenvalue weighted by Gasteiger charge is -2.29. The summed E-state index contributed by atoms with van der Waals surface area (Å²) in [7, 11) is 0. The molecule has 0 bridgehead atoms. The van der Waals surface area contributed by atoms with Crippen molar-refractivity contribution in [3.63, 3.8) is 0 Å². The van der Waals surface area contributed by atoms with E-state index in [1.165, 1.54) is 4.90 Å². The second kappa shape index (κ2) is 4.08. The number of carbonyl (C=O) groups is 3. The fraction of sp³-hybridized carbons (Fsp3) is 0.308. The van der Waals surface area contributed by atoms with E-state index in [-0.39, 0.29) is 18.2 Å². The van der Waals surface area contributed by atoms with E-state index in [4.69, 9.17) is 5.73 Å². The molecule has 0 aliphatic carbocycles. The molecule has 3 amide bonds. The molecule has 0 radical (unpaired) electrons. The summed E-state index contributed by atoms with van der Waals surface area (Å²) in [4.78, 5) is 36.7. The van der Waals surface area contributed by atoms with E-state index in [1.807, 2.05) is 0 Å². The van der Waals surface area contributed by atoms with Crippen molar-refractivity contribution >= 4 is 23.4 Å². The topological polar surface area (TPSA) is 92.5 Å². The summed E-state index contributed by atoms with van der Waals surface area (Å²) in [6.07, 6.45) is 0.621. The van der Waals surface area contributed by atoms with Crippen molar-refractivity contribution in [2.24, 2.45) is 0 Å². The van der Waals surface area contributed by atoms with Crippen LogP contribution >= 0.6 is 0 Å². The van der Waals surface area contributed by atoms with Crippen LogP contribution in [0.3, 0.4) is 0 Å². The molecule has 2 aliphatic rings. The van der Waals surface area contributed by atoms with Gasteiger partial charge in [-0.1, -0.05) is 6.07 Å². The first-order valence-corrected chi connectivity index (χ1v) is 6.10. The number of nitrogens with zero attached hydrogens (tertiary/aromatic N) is 1. The molecule has 6 heteroatoms. The molecule has 6 nitrogen and oxygen atoms in total. The lowest BCUT2D eigenvalue weighted by molar-refractivity contribution is -0.136. The third-order valence-electron chi connectivity index (χ3n) is 3.62. The second-order valence-corrected chi connectivity index (χ2v) is 4.77. The van der Waals surface area contributed by atoms with Crippen LogP contribution in [0.2, 0.25) is 0 Å². The Morgan fingerprint density at radius 2 is 2.05 bits per heavy atom. The van der Waals surface area contributed by atoms with Gasteiger partial charge in [0.2, 0.25) is 11.8 Å². The first kappa shape index (κ1) is 11.7. The highest BCUT2D eigenvalue weighted by molar-refractivity contribution is 6.06. The lowest BCUT2D eigenvalue weighted by atomic mass is 10.1. The number of amides is 3. The van der Waals surface area contributed by atoms with Gasteiger partial charge in [0.1, 0.15) is 6.04 Å². The lowest BCUT2D eigenvalue weighted by Crippen LogP contribution is -2.52. The van der Waals surface area contributed by atoms with Crippen molar-refractivity contribution in [1.82, 2.24) is 10.2 Å². The van der Waals surface area contributed by atoms with Crippen LogP contribution in [0.15, 0.2) is 18.2 Å². The maximum Gasteiger partial charge on any atom is 0.255 e. The van der Waals surface area contributed by atoms with Gasteiger partial charge in [-0.15, -0.1) is 0 Å². The number of carbonyl (C=O) groups excluding carboxylic acids is 3. The second-order valence-electron chi connectivity index (χ2n) is 4.77. The Morgan fingerprint density at radius 3 is 2.74 bits per heavy atom. The highest BCUT2D eigenvalue weighted by Crippen LogP contribution is 2.30. The van der Waals surface area contributed by atoms with E-state index in [0.29, 0.717) is 24.2 Å². The molecule has 0 spiro atoms. The van der Waals surface area contributed by atoms with Crippen LogP contribution in [0.25, 0.3) is 0 Å². The Labute approximate surface area is 109 Å². The molecule has 1 fully saturated rings. The van der Waals surface area contributed by atoms with Gasteiger partial charge in [-0.25, -0.2) is 0 Å². The van der Waals surface area contributed by atoms with Crippen molar-refractivity contribution in [3.8, 4) is 0 Å². The van der Waals surface area contributed by atoms with Crippen molar-refractivity contribution < 1.29 is 14.4 Å². The zero-order chi connectivity index (χ0) is 13.6. The van der Waals surface area contributed by atoms with Crippen molar-refractivity contribution in [3.05, 3.63) is 29.3 Å². The Kier molecular flexibility index (Phi) is 2.51. The molecular formula is C13H13N3O3. The number of nitrogens with one attached hydrogen (secondary N) is 1. The van der Waals surface area contributed by atoms with E-state index in [0.717, 1.165) is 5.56 Å². The third kappa shape index (κ3) is 1.76. The Balaban J connectivity index is 1.90. The highest BCUT2D eigenvalue weighted by atomic mass is 16.2. The minimum absolute atomic E-state index is 0.197. The van der Waals surface area contributed by atoms with Gasteiger partial charge in [-0.05, 0) is 18.6 Å². The summed E-state index contributed by atoms with van der Waals surface area (Å²) in [5, 5.41) is 2.27. The van der Waals surface area contributed by atoms with Gasteiger partial charge in [-0.2, -0.15) is 0 Å². The minimum atomic E-state index is -0.586. The molecule has 1 aromatic carbocycles. The predicted octanol–water partition coefficient (Wildman–Crippen LogP) is 0.0298. The van der Waals surface area contributed by atoms with Crippen molar-refractivity contribution in [2.45, 2.75) is 25.4 Å². The van der Waals surface area contributed by atoms with Crippen molar-refractivity contribution in [1.29, 1.82) is 0 Å². The first-order chi connectivity index (χ1) is 9.08. The molecule has 1 saturated heterocycles. The average molecular weight is 261 g/mol. The zero-order valence-corrected chi connectivity index (χ0v) is 10.2. The SMILES string of the molecule is [15NH2]c1cccc2c1CN(C1CCC(=O)[15NH]C1=O)C2=O. The molecule has 0 saturated carbocycles. The summed E-state index contributed by atoms with van der Waals surface area (Å²) in [6, 6.07) is 4.58. The average Bonchev–Trinajstić information content (AvgIpc) is 2.69. The summed E-state index contributed by atoms with van der Waals surface area (Å²) in [6.45, 7) is 0.327. The summed E-state index contributed by atoms with van der Waals surface area (Å²) in [5.41, 5.74) is 7.71. The molecule has 1 aromatic rings. The van der Waals surface area contributed by atoms with Crippen LogP contribution in [0.5, 0.6) is 0 Å². The third-order valence-corrected chi connectivity index (χ3v) is 3.62. The first-order valence-electron chi connectivity index (χ1n) is 6.10. The Morgan fingerprint density at radius 1 is 1.26 bits per heavy atom. The monoisotopic (exact) mass is 261 g/mol. The largest absolute Gasteiger partial charge is 0.398 e. The fourth-order valence-corrected chi connectivity index (χ4v) is 2.61. The number of hydrogen-bond donors (Lipinski definition) is 2.